The molecule has 7 nitrogen and oxygen atoms in total. The predicted octanol–water partition coefficient (Wildman–Crippen LogP) is 5.85. The number of carbonyl (C=O) groups excluding carboxylic acids is 1. The van der Waals surface area contributed by atoms with Crippen LogP contribution in [-0.4, -0.2) is 43.8 Å². The third-order valence-corrected chi connectivity index (χ3v) is 8.71. The molecule has 1 aliphatic rings. The summed E-state index contributed by atoms with van der Waals surface area (Å²) in [6.07, 6.45) is 2.42. The van der Waals surface area contributed by atoms with Gasteiger partial charge in [0.25, 0.3) is 5.91 Å². The van der Waals surface area contributed by atoms with Crippen molar-refractivity contribution in [2.75, 3.05) is 29.8 Å². The highest BCUT2D eigenvalue weighted by Crippen LogP contribution is 2.34. The molecule has 3 aromatic carbocycles. The molecule has 184 valence electrons. The highest BCUT2D eigenvalue weighted by molar-refractivity contribution is 7.90. The molecule has 0 spiro atoms. The van der Waals surface area contributed by atoms with E-state index >= 15 is 0 Å². The Balaban J connectivity index is 1.42. The summed E-state index contributed by atoms with van der Waals surface area (Å²) >= 11 is 12.9. The number of anilines is 2. The van der Waals surface area contributed by atoms with Crippen molar-refractivity contribution in [3.05, 3.63) is 88.5 Å². The van der Waals surface area contributed by atoms with Gasteiger partial charge in [-0.25, -0.2) is 0 Å². The Bertz CT molecular complexity index is 1590. The van der Waals surface area contributed by atoms with Crippen LogP contribution in [0.5, 0.6) is 0 Å². The normalized spacial score (nSPS) is 15.7. The SMILES string of the molecule is CN1CCCN(c2ccc(C(=O)Nc3ccc(Cl)c(-c4nccc5ccccc45)c3)c(Cl)c2)S1(=O)=O. The summed E-state index contributed by atoms with van der Waals surface area (Å²) in [5.41, 5.74) is 2.56. The monoisotopic (exact) mass is 540 g/mol. The van der Waals surface area contributed by atoms with Gasteiger partial charge >= 0.3 is 10.2 Å². The van der Waals surface area contributed by atoms with E-state index < -0.39 is 16.1 Å². The first-order chi connectivity index (χ1) is 17.3. The van der Waals surface area contributed by atoms with Gasteiger partial charge in [0.1, 0.15) is 0 Å². The largest absolute Gasteiger partial charge is 0.322 e. The fourth-order valence-electron chi connectivity index (χ4n) is 4.26. The second-order valence-corrected chi connectivity index (χ2v) is 11.2. The van der Waals surface area contributed by atoms with E-state index in [2.05, 4.69) is 10.3 Å². The second-order valence-electron chi connectivity index (χ2n) is 8.45. The van der Waals surface area contributed by atoms with E-state index in [-0.39, 0.29) is 10.6 Å². The smallest absolute Gasteiger partial charge is 0.303 e. The topological polar surface area (TPSA) is 82.6 Å². The van der Waals surface area contributed by atoms with Crippen molar-refractivity contribution in [2.24, 2.45) is 0 Å². The number of pyridine rings is 1. The van der Waals surface area contributed by atoms with E-state index in [1.165, 1.54) is 20.7 Å². The number of benzene rings is 3. The molecule has 1 saturated heterocycles. The Hall–Kier alpha value is -3.17. The summed E-state index contributed by atoms with van der Waals surface area (Å²) < 4.78 is 27.9. The first-order valence-electron chi connectivity index (χ1n) is 11.2. The lowest BCUT2D eigenvalue weighted by Gasteiger charge is -2.34. The van der Waals surface area contributed by atoms with Crippen LogP contribution in [-0.2, 0) is 10.2 Å². The molecule has 0 saturated carbocycles. The number of hydrogen-bond acceptors (Lipinski definition) is 4. The minimum absolute atomic E-state index is 0.151. The Morgan fingerprint density at radius 2 is 1.78 bits per heavy atom. The van der Waals surface area contributed by atoms with Crippen molar-refractivity contribution in [1.29, 1.82) is 0 Å². The van der Waals surface area contributed by atoms with Crippen LogP contribution in [0.2, 0.25) is 10.0 Å². The van der Waals surface area contributed by atoms with E-state index in [1.807, 2.05) is 30.3 Å². The van der Waals surface area contributed by atoms with Crippen LogP contribution in [0.25, 0.3) is 22.0 Å². The Morgan fingerprint density at radius 3 is 2.58 bits per heavy atom. The first kappa shape index (κ1) is 24.5. The number of nitrogens with zero attached hydrogens (tertiary/aromatic N) is 3. The number of halogens is 2. The molecule has 0 unspecified atom stereocenters. The summed E-state index contributed by atoms with van der Waals surface area (Å²) in [4.78, 5) is 17.6. The van der Waals surface area contributed by atoms with Crippen LogP contribution in [0, 0.1) is 0 Å². The Labute approximate surface area is 219 Å². The number of hydrogen-bond donors (Lipinski definition) is 1. The summed E-state index contributed by atoms with van der Waals surface area (Å²) in [7, 11) is -2.07. The predicted molar refractivity (Wildman–Crippen MR) is 145 cm³/mol. The van der Waals surface area contributed by atoms with Crippen LogP contribution in [0.4, 0.5) is 11.4 Å². The van der Waals surface area contributed by atoms with Crippen LogP contribution in [0.15, 0.2) is 72.9 Å². The number of carbonyl (C=O) groups is 1. The number of nitrogens with one attached hydrogen (secondary N) is 1. The number of fused-ring (bicyclic) bond motifs is 1. The van der Waals surface area contributed by atoms with Crippen molar-refractivity contribution in [3.8, 4) is 11.3 Å². The number of rotatable bonds is 4. The van der Waals surface area contributed by atoms with E-state index in [0.717, 1.165) is 10.8 Å². The lowest BCUT2D eigenvalue weighted by molar-refractivity contribution is 0.102. The maximum Gasteiger partial charge on any atom is 0.303 e. The van der Waals surface area contributed by atoms with Crippen LogP contribution in [0.1, 0.15) is 16.8 Å². The highest BCUT2D eigenvalue weighted by atomic mass is 35.5. The van der Waals surface area contributed by atoms with Gasteiger partial charge in [0.05, 0.1) is 27.0 Å². The summed E-state index contributed by atoms with van der Waals surface area (Å²) in [5.74, 6) is -0.427. The summed E-state index contributed by atoms with van der Waals surface area (Å²) in [6, 6.07) is 19.6. The molecule has 5 rings (SSSR count). The van der Waals surface area contributed by atoms with E-state index in [9.17, 15) is 13.2 Å². The van der Waals surface area contributed by atoms with E-state index in [1.54, 1.807) is 37.5 Å². The molecule has 1 aliphatic heterocycles. The van der Waals surface area contributed by atoms with Crippen LogP contribution in [0.3, 0.4) is 0 Å². The molecule has 10 heteroatoms. The van der Waals surface area contributed by atoms with Gasteiger partial charge in [-0.05, 0) is 54.3 Å². The summed E-state index contributed by atoms with van der Waals surface area (Å²) in [6.45, 7) is 0.814. The zero-order valence-corrected chi connectivity index (χ0v) is 21.6. The number of amides is 1. The molecular weight excluding hydrogens is 519 g/mol. The minimum atomic E-state index is -3.62. The van der Waals surface area contributed by atoms with Crippen LogP contribution < -0.4 is 9.62 Å². The van der Waals surface area contributed by atoms with Crippen molar-refractivity contribution in [1.82, 2.24) is 9.29 Å². The molecule has 1 amide bonds. The average molecular weight is 541 g/mol. The molecular formula is C26H22Cl2N4O3S. The van der Waals surface area contributed by atoms with Crippen molar-refractivity contribution in [2.45, 2.75) is 6.42 Å². The first-order valence-corrected chi connectivity index (χ1v) is 13.4. The lowest BCUT2D eigenvalue weighted by atomic mass is 10.0. The molecule has 0 bridgehead atoms. The molecule has 2 heterocycles. The van der Waals surface area contributed by atoms with Crippen molar-refractivity contribution >= 4 is 61.5 Å². The zero-order chi connectivity index (χ0) is 25.4. The molecule has 0 aliphatic carbocycles. The maximum atomic E-state index is 13.1. The molecule has 36 heavy (non-hydrogen) atoms. The Kier molecular flexibility index (Phi) is 6.61. The van der Waals surface area contributed by atoms with Gasteiger partial charge in [-0.15, -0.1) is 0 Å². The van der Waals surface area contributed by atoms with Crippen LogP contribution >= 0.6 is 23.2 Å². The quantitative estimate of drug-likeness (QED) is 0.352. The molecule has 0 radical (unpaired) electrons. The minimum Gasteiger partial charge on any atom is -0.322 e. The van der Waals surface area contributed by atoms with Gasteiger partial charge in [-0.3, -0.25) is 14.1 Å². The van der Waals surface area contributed by atoms with Gasteiger partial charge in [0.15, 0.2) is 0 Å². The van der Waals surface area contributed by atoms with Gasteiger partial charge in [-0.2, -0.15) is 12.7 Å². The second kappa shape index (κ2) is 9.71. The van der Waals surface area contributed by atoms with Gasteiger partial charge in [0.2, 0.25) is 0 Å². The average Bonchev–Trinajstić information content (AvgIpc) is 2.86. The van der Waals surface area contributed by atoms with Gasteiger partial charge in [-0.1, -0.05) is 47.5 Å². The lowest BCUT2D eigenvalue weighted by Crippen LogP contribution is -2.48. The fourth-order valence-corrected chi connectivity index (χ4v) is 6.16. The molecule has 0 atom stereocenters. The molecule has 1 N–H and O–H groups in total. The third kappa shape index (κ3) is 4.53. The standard InChI is InChI=1S/C26H22Cl2N4O3S/c1-31-13-4-14-32(36(31,34)35)19-8-9-21(24(28)16-19)26(33)30-18-7-10-23(27)22(15-18)25-20-6-3-2-5-17(20)11-12-29-25/h2-3,5-12,15-16H,4,13-14H2,1H3,(H,30,33). The molecule has 1 aromatic heterocycles. The Morgan fingerprint density at radius 1 is 0.972 bits per heavy atom. The van der Waals surface area contributed by atoms with Crippen molar-refractivity contribution < 1.29 is 13.2 Å². The highest BCUT2D eigenvalue weighted by Gasteiger charge is 2.31. The number of aromatic nitrogens is 1. The molecule has 4 aromatic rings. The van der Waals surface area contributed by atoms with E-state index in [0.29, 0.717) is 47.2 Å². The third-order valence-electron chi connectivity index (χ3n) is 6.14. The molecule has 1 fully saturated rings. The van der Waals surface area contributed by atoms with Gasteiger partial charge in [0, 0.05) is 43.0 Å². The van der Waals surface area contributed by atoms with E-state index in [4.69, 9.17) is 23.2 Å². The van der Waals surface area contributed by atoms with Crippen molar-refractivity contribution in [3.63, 3.8) is 0 Å². The van der Waals surface area contributed by atoms with Gasteiger partial charge < -0.3 is 5.32 Å². The summed E-state index contributed by atoms with van der Waals surface area (Å²) in [5, 5.41) is 5.49. The fraction of sp³-hybridized carbons (Fsp3) is 0.154. The zero-order valence-electron chi connectivity index (χ0n) is 19.3. The maximum absolute atomic E-state index is 13.1.